The van der Waals surface area contributed by atoms with E-state index in [9.17, 15) is 19.3 Å². The van der Waals surface area contributed by atoms with Crippen LogP contribution in [-0.4, -0.2) is 21.5 Å². The molecule has 0 spiro atoms. The van der Waals surface area contributed by atoms with Crippen LogP contribution in [0, 0.1) is 45.1 Å². The molecule has 0 radical (unpaired) electrons. The van der Waals surface area contributed by atoms with Crippen LogP contribution in [0.15, 0.2) is 23.2 Å². The molecule has 27 heavy (non-hydrogen) atoms. The first-order valence-corrected chi connectivity index (χ1v) is 10.8. The molecule has 0 saturated heterocycles. The van der Waals surface area contributed by atoms with Crippen molar-refractivity contribution >= 4 is 29.4 Å². The highest BCUT2D eigenvalue weighted by Gasteiger charge is 2.92. The Morgan fingerprint density at radius 1 is 1.15 bits per heavy atom. The monoisotopic (exact) mass is 406 g/mol. The van der Waals surface area contributed by atoms with Crippen molar-refractivity contribution in [2.45, 2.75) is 36.8 Å². The van der Waals surface area contributed by atoms with Gasteiger partial charge in [0.15, 0.2) is 4.20 Å². The zero-order chi connectivity index (χ0) is 19.9. The molecule has 0 bridgehead atoms. The molecule has 0 aromatic heterocycles. The molecule has 142 valence electrons. The zero-order valence-corrected chi connectivity index (χ0v) is 16.8. The number of aliphatic imine (C=N–C) groups is 1. The van der Waals surface area contributed by atoms with Gasteiger partial charge >= 0.3 is 0 Å². The van der Waals surface area contributed by atoms with Gasteiger partial charge in [0.25, 0.3) is 0 Å². The van der Waals surface area contributed by atoms with Gasteiger partial charge in [0.2, 0.25) is 0 Å². The van der Waals surface area contributed by atoms with Crippen LogP contribution in [0.2, 0.25) is 0 Å². The van der Waals surface area contributed by atoms with Crippen LogP contribution in [0.5, 0.6) is 0 Å². The predicted octanol–water partition coefficient (Wildman–Crippen LogP) is 4.39. The number of nitrogens with two attached hydrogens (primary N) is 1. The molecular formula is C19H20F2N4S2. The average molecular weight is 407 g/mol. The first-order valence-electron chi connectivity index (χ1n) is 8.81. The minimum atomic E-state index is -1.43. The van der Waals surface area contributed by atoms with Crippen molar-refractivity contribution < 1.29 is 8.78 Å². The van der Waals surface area contributed by atoms with Crippen LogP contribution in [-0.2, 0) is 0 Å². The summed E-state index contributed by atoms with van der Waals surface area (Å²) in [5.41, 5.74) is 3.46. The van der Waals surface area contributed by atoms with E-state index in [-0.39, 0.29) is 11.4 Å². The van der Waals surface area contributed by atoms with E-state index in [4.69, 9.17) is 5.73 Å². The van der Waals surface area contributed by atoms with Gasteiger partial charge in [-0.25, -0.2) is 13.8 Å². The number of halogens is 2. The van der Waals surface area contributed by atoms with Gasteiger partial charge in [0.1, 0.15) is 28.3 Å². The summed E-state index contributed by atoms with van der Waals surface area (Å²) in [7, 11) is 0. The zero-order valence-electron chi connectivity index (χ0n) is 15.1. The lowest BCUT2D eigenvalue weighted by Gasteiger charge is -2.32. The Kier molecular flexibility index (Phi) is 5.18. The summed E-state index contributed by atoms with van der Waals surface area (Å²) in [5.74, 6) is -0.605. The van der Waals surface area contributed by atoms with E-state index in [1.54, 1.807) is 0 Å². The van der Waals surface area contributed by atoms with Crippen LogP contribution in [0.4, 0.5) is 8.78 Å². The number of nitriles is 2. The molecule has 3 atom stereocenters. The molecule has 0 amide bonds. The lowest BCUT2D eigenvalue weighted by atomic mass is 9.97. The SMILES string of the molecule is CCCSC1(SCCC)N=C(N)C2(C#N)C(c3cc(F)ccc3F)C12C#N. The number of amidine groups is 1. The van der Waals surface area contributed by atoms with E-state index < -0.39 is 32.6 Å². The highest BCUT2D eigenvalue weighted by Crippen LogP contribution is 2.85. The van der Waals surface area contributed by atoms with Crippen LogP contribution in [0.25, 0.3) is 0 Å². The number of rotatable bonds is 7. The summed E-state index contributed by atoms with van der Waals surface area (Å²) < 4.78 is 27.4. The van der Waals surface area contributed by atoms with Crippen LogP contribution < -0.4 is 5.73 Å². The quantitative estimate of drug-likeness (QED) is 0.679. The minimum Gasteiger partial charge on any atom is -0.386 e. The van der Waals surface area contributed by atoms with Gasteiger partial charge in [-0.15, -0.1) is 23.5 Å². The molecule has 1 fully saturated rings. The predicted molar refractivity (Wildman–Crippen MR) is 105 cm³/mol. The number of nitrogens with zero attached hydrogens (tertiary/aromatic N) is 3. The lowest BCUT2D eigenvalue weighted by molar-refractivity contribution is 0.545. The molecule has 1 aromatic rings. The fourth-order valence-electron chi connectivity index (χ4n) is 4.04. The molecule has 1 aliphatic heterocycles. The summed E-state index contributed by atoms with van der Waals surface area (Å²) in [6.07, 6.45) is 1.71. The Labute approximate surface area is 166 Å². The summed E-state index contributed by atoms with van der Waals surface area (Å²) in [6, 6.07) is 7.59. The van der Waals surface area contributed by atoms with Gasteiger partial charge in [-0.1, -0.05) is 13.8 Å². The van der Waals surface area contributed by atoms with E-state index in [2.05, 4.69) is 17.1 Å². The summed E-state index contributed by atoms with van der Waals surface area (Å²) in [5, 5.41) is 20.2. The number of hydrogen-bond donors (Lipinski definition) is 1. The summed E-state index contributed by atoms with van der Waals surface area (Å²) >= 11 is 2.95. The van der Waals surface area contributed by atoms with E-state index >= 15 is 0 Å². The number of fused-ring (bicyclic) bond motifs is 1. The molecule has 1 aromatic carbocycles. The second-order valence-electron chi connectivity index (χ2n) is 6.71. The molecule has 2 aliphatic rings. The van der Waals surface area contributed by atoms with Gasteiger partial charge in [0.05, 0.1) is 12.1 Å². The van der Waals surface area contributed by atoms with Gasteiger partial charge < -0.3 is 5.73 Å². The third kappa shape index (κ3) is 2.43. The standard InChI is InChI=1S/C19H20F2N4S2/c1-3-7-26-19(27-8-4-2)18(11-23)15(17(18,10-22)16(24)25-19)13-9-12(20)5-6-14(13)21/h5-6,9,15H,3-4,7-8H2,1-2H3,(H2,24,25). The van der Waals surface area contributed by atoms with Gasteiger partial charge in [-0.05, 0) is 48.1 Å². The van der Waals surface area contributed by atoms with Crippen molar-refractivity contribution in [3.8, 4) is 12.1 Å². The molecule has 1 aliphatic carbocycles. The Balaban J connectivity index is 2.21. The Morgan fingerprint density at radius 2 is 1.78 bits per heavy atom. The van der Waals surface area contributed by atoms with Crippen molar-refractivity contribution in [1.29, 1.82) is 10.5 Å². The molecule has 3 unspecified atom stereocenters. The normalized spacial score (nSPS) is 30.1. The van der Waals surface area contributed by atoms with Crippen LogP contribution >= 0.6 is 23.5 Å². The fourth-order valence-corrected chi connectivity index (χ4v) is 7.27. The maximum absolute atomic E-state index is 14.6. The first kappa shape index (κ1) is 20.0. The largest absolute Gasteiger partial charge is 0.386 e. The molecule has 1 heterocycles. The van der Waals surface area contributed by atoms with E-state index in [0.717, 1.165) is 42.5 Å². The molecule has 8 heteroatoms. The van der Waals surface area contributed by atoms with Crippen molar-refractivity contribution in [3.05, 3.63) is 35.4 Å². The van der Waals surface area contributed by atoms with Crippen molar-refractivity contribution in [2.75, 3.05) is 11.5 Å². The second kappa shape index (κ2) is 7.00. The maximum atomic E-state index is 14.6. The number of thioether (sulfide) groups is 2. The topological polar surface area (TPSA) is 86.0 Å². The third-order valence-corrected chi connectivity index (χ3v) is 8.74. The van der Waals surface area contributed by atoms with Crippen LogP contribution in [0.3, 0.4) is 0 Å². The van der Waals surface area contributed by atoms with E-state index in [0.29, 0.717) is 0 Å². The van der Waals surface area contributed by atoms with Gasteiger partial charge in [-0.3, -0.25) is 0 Å². The first-order chi connectivity index (χ1) is 12.9. The Morgan fingerprint density at radius 3 is 2.30 bits per heavy atom. The van der Waals surface area contributed by atoms with Gasteiger partial charge in [0, 0.05) is 5.92 Å². The highest BCUT2D eigenvalue weighted by molar-refractivity contribution is 8.18. The van der Waals surface area contributed by atoms with E-state index in [1.165, 1.54) is 23.5 Å². The fraction of sp³-hybridized carbons (Fsp3) is 0.526. The Hall–Kier alpha value is -1.77. The van der Waals surface area contributed by atoms with E-state index in [1.807, 2.05) is 13.8 Å². The van der Waals surface area contributed by atoms with Crippen molar-refractivity contribution in [2.24, 2.45) is 21.6 Å². The molecule has 4 nitrogen and oxygen atoms in total. The summed E-state index contributed by atoms with van der Waals surface area (Å²) in [6.45, 7) is 4.03. The second-order valence-corrected chi connectivity index (χ2v) is 9.55. The van der Waals surface area contributed by atoms with Crippen molar-refractivity contribution in [3.63, 3.8) is 0 Å². The molecule has 3 rings (SSSR count). The Bertz CT molecular complexity index is 867. The number of hydrogen-bond acceptors (Lipinski definition) is 6. The molecular weight excluding hydrogens is 386 g/mol. The third-order valence-electron chi connectivity index (χ3n) is 5.20. The maximum Gasteiger partial charge on any atom is 0.175 e. The van der Waals surface area contributed by atoms with Crippen LogP contribution in [0.1, 0.15) is 38.2 Å². The van der Waals surface area contributed by atoms with Crippen molar-refractivity contribution in [1.82, 2.24) is 0 Å². The molecule has 1 saturated carbocycles. The van der Waals surface area contributed by atoms with Gasteiger partial charge in [-0.2, -0.15) is 10.5 Å². The smallest absolute Gasteiger partial charge is 0.175 e. The lowest BCUT2D eigenvalue weighted by Crippen LogP contribution is -2.32. The average Bonchev–Trinajstić information content (AvgIpc) is 3.24. The summed E-state index contributed by atoms with van der Waals surface area (Å²) in [4.78, 5) is 4.60. The highest BCUT2D eigenvalue weighted by atomic mass is 32.2. The minimum absolute atomic E-state index is 0.0227. The number of benzene rings is 1. The molecule has 2 N–H and O–H groups in total.